The Bertz CT molecular complexity index is 547. The fourth-order valence-corrected chi connectivity index (χ4v) is 1.63. The fourth-order valence-electron chi connectivity index (χ4n) is 1.63. The molecule has 17 heavy (non-hydrogen) atoms. The Kier molecular flexibility index (Phi) is 3.06. The lowest BCUT2D eigenvalue weighted by Crippen LogP contribution is -2.08. The highest BCUT2D eigenvalue weighted by molar-refractivity contribution is 5.98. The van der Waals surface area contributed by atoms with E-state index >= 15 is 0 Å². The first-order chi connectivity index (χ1) is 8.22. The molecule has 1 aromatic carbocycles. The minimum absolute atomic E-state index is 0.0558. The van der Waals surface area contributed by atoms with Crippen LogP contribution in [0.2, 0.25) is 0 Å². The van der Waals surface area contributed by atoms with E-state index in [-0.39, 0.29) is 11.7 Å². The first kappa shape index (κ1) is 11.2. The van der Waals surface area contributed by atoms with Gasteiger partial charge in [-0.25, -0.2) is 0 Å². The largest absolute Gasteiger partial charge is 0.461 e. The van der Waals surface area contributed by atoms with E-state index in [9.17, 15) is 4.79 Å². The van der Waals surface area contributed by atoms with Crippen LogP contribution in [0.1, 0.15) is 34.5 Å². The van der Waals surface area contributed by atoms with Crippen molar-refractivity contribution in [3.8, 4) is 6.07 Å². The van der Waals surface area contributed by atoms with Crippen LogP contribution >= 0.6 is 0 Å². The Labute approximate surface area is 99.3 Å². The van der Waals surface area contributed by atoms with Crippen molar-refractivity contribution < 1.29 is 9.21 Å². The normalized spacial score (nSPS) is 11.8. The predicted octanol–water partition coefficient (Wildman–Crippen LogP) is 3.14. The second-order valence-electron chi connectivity index (χ2n) is 3.80. The summed E-state index contributed by atoms with van der Waals surface area (Å²) in [5.41, 5.74) is 1.47. The predicted molar refractivity (Wildman–Crippen MR) is 62.6 cm³/mol. The quantitative estimate of drug-likeness (QED) is 0.754. The van der Waals surface area contributed by atoms with Crippen molar-refractivity contribution in [2.75, 3.05) is 0 Å². The molecule has 1 atom stereocenters. The number of carbonyl (C=O) groups excluding carboxylic acids is 1. The van der Waals surface area contributed by atoms with Crippen LogP contribution in [0, 0.1) is 11.3 Å². The molecular weight excluding hydrogens is 214 g/mol. The standard InChI is InChI=1S/C14H11NO2/c1-10(14(16)13-3-2-8-17-13)12-6-4-11(9-15)5-7-12/h2-8,10H,1H3. The van der Waals surface area contributed by atoms with Crippen LogP contribution in [0.15, 0.2) is 47.1 Å². The summed E-state index contributed by atoms with van der Waals surface area (Å²) in [5.74, 6) is 0.0375. The number of rotatable bonds is 3. The van der Waals surface area contributed by atoms with Gasteiger partial charge < -0.3 is 4.42 Å². The van der Waals surface area contributed by atoms with Crippen LogP contribution in [0.25, 0.3) is 0 Å². The molecule has 0 radical (unpaired) electrons. The molecule has 0 fully saturated rings. The number of Topliss-reactive ketones (excluding diaryl/α,β-unsaturated/α-hetero) is 1. The third-order valence-electron chi connectivity index (χ3n) is 2.70. The number of nitrogens with zero attached hydrogens (tertiary/aromatic N) is 1. The second kappa shape index (κ2) is 4.67. The summed E-state index contributed by atoms with van der Waals surface area (Å²) < 4.78 is 5.08. The minimum atomic E-state index is -0.270. The Morgan fingerprint density at radius 3 is 2.53 bits per heavy atom. The lowest BCUT2D eigenvalue weighted by molar-refractivity contribution is 0.0939. The van der Waals surface area contributed by atoms with Gasteiger partial charge in [0.25, 0.3) is 0 Å². The van der Waals surface area contributed by atoms with Crippen molar-refractivity contribution in [3.63, 3.8) is 0 Å². The van der Waals surface area contributed by atoms with E-state index in [0.717, 1.165) is 5.56 Å². The molecule has 1 heterocycles. The summed E-state index contributed by atoms with van der Waals surface area (Å²) in [4.78, 5) is 12.0. The molecule has 84 valence electrons. The summed E-state index contributed by atoms with van der Waals surface area (Å²) >= 11 is 0. The minimum Gasteiger partial charge on any atom is -0.461 e. The Balaban J connectivity index is 2.22. The third kappa shape index (κ3) is 2.26. The van der Waals surface area contributed by atoms with Crippen LogP contribution in [-0.2, 0) is 0 Å². The van der Waals surface area contributed by atoms with Gasteiger partial charge in [0, 0.05) is 5.92 Å². The van der Waals surface area contributed by atoms with Crippen LogP contribution in [0.5, 0.6) is 0 Å². The molecule has 0 saturated heterocycles. The zero-order chi connectivity index (χ0) is 12.3. The molecule has 3 heteroatoms. The van der Waals surface area contributed by atoms with E-state index < -0.39 is 0 Å². The van der Waals surface area contributed by atoms with Gasteiger partial charge in [-0.05, 0) is 29.8 Å². The molecule has 1 aromatic heterocycles. The zero-order valence-corrected chi connectivity index (χ0v) is 9.38. The summed E-state index contributed by atoms with van der Waals surface area (Å²) in [6, 6.07) is 12.4. The van der Waals surface area contributed by atoms with E-state index in [0.29, 0.717) is 11.3 Å². The lowest BCUT2D eigenvalue weighted by atomic mass is 9.95. The lowest BCUT2D eigenvalue weighted by Gasteiger charge is -2.08. The summed E-state index contributed by atoms with van der Waals surface area (Å²) in [7, 11) is 0. The smallest absolute Gasteiger partial charge is 0.205 e. The molecule has 2 aromatic rings. The van der Waals surface area contributed by atoms with Crippen molar-refractivity contribution in [2.45, 2.75) is 12.8 Å². The van der Waals surface area contributed by atoms with E-state index in [4.69, 9.17) is 9.68 Å². The Hall–Kier alpha value is -2.34. The first-order valence-corrected chi connectivity index (χ1v) is 5.30. The second-order valence-corrected chi connectivity index (χ2v) is 3.80. The van der Waals surface area contributed by atoms with Crippen LogP contribution in [0.3, 0.4) is 0 Å². The van der Waals surface area contributed by atoms with Gasteiger partial charge in [0.05, 0.1) is 17.9 Å². The third-order valence-corrected chi connectivity index (χ3v) is 2.70. The first-order valence-electron chi connectivity index (χ1n) is 5.30. The average Bonchev–Trinajstić information content (AvgIpc) is 2.91. The molecule has 3 nitrogen and oxygen atoms in total. The van der Waals surface area contributed by atoms with Gasteiger partial charge in [-0.3, -0.25) is 4.79 Å². The van der Waals surface area contributed by atoms with Crippen molar-refractivity contribution in [2.24, 2.45) is 0 Å². The summed E-state index contributed by atoms with van der Waals surface area (Å²) in [6.45, 7) is 1.83. The molecule has 0 aliphatic heterocycles. The highest BCUT2D eigenvalue weighted by atomic mass is 16.3. The molecule has 0 aliphatic rings. The van der Waals surface area contributed by atoms with Gasteiger partial charge in [-0.2, -0.15) is 5.26 Å². The zero-order valence-electron chi connectivity index (χ0n) is 9.38. The number of hydrogen-bond acceptors (Lipinski definition) is 3. The van der Waals surface area contributed by atoms with Gasteiger partial charge in [0.2, 0.25) is 5.78 Å². The monoisotopic (exact) mass is 225 g/mol. The maximum atomic E-state index is 12.0. The number of hydrogen-bond donors (Lipinski definition) is 0. The number of nitriles is 1. The molecule has 0 spiro atoms. The van der Waals surface area contributed by atoms with Crippen LogP contribution < -0.4 is 0 Å². The molecule has 0 bridgehead atoms. The van der Waals surface area contributed by atoms with Crippen molar-refractivity contribution in [1.29, 1.82) is 5.26 Å². The molecule has 0 N–H and O–H groups in total. The van der Waals surface area contributed by atoms with Gasteiger partial charge in [-0.15, -0.1) is 0 Å². The fraction of sp³-hybridized carbons (Fsp3) is 0.143. The average molecular weight is 225 g/mol. The van der Waals surface area contributed by atoms with E-state index in [1.54, 1.807) is 36.4 Å². The molecule has 2 rings (SSSR count). The highest BCUT2D eigenvalue weighted by Crippen LogP contribution is 2.21. The molecule has 1 unspecified atom stereocenters. The van der Waals surface area contributed by atoms with Gasteiger partial charge in [0.1, 0.15) is 0 Å². The molecular formula is C14H11NO2. The molecule has 0 aliphatic carbocycles. The van der Waals surface area contributed by atoms with Crippen molar-refractivity contribution in [3.05, 3.63) is 59.5 Å². The van der Waals surface area contributed by atoms with E-state index in [1.165, 1.54) is 6.26 Å². The number of carbonyl (C=O) groups is 1. The summed E-state index contributed by atoms with van der Waals surface area (Å²) in [6.07, 6.45) is 1.48. The van der Waals surface area contributed by atoms with Crippen LogP contribution in [0.4, 0.5) is 0 Å². The van der Waals surface area contributed by atoms with Crippen molar-refractivity contribution in [1.82, 2.24) is 0 Å². The Morgan fingerprint density at radius 2 is 2.00 bits per heavy atom. The van der Waals surface area contributed by atoms with Gasteiger partial charge in [-0.1, -0.05) is 19.1 Å². The SMILES string of the molecule is CC(C(=O)c1ccco1)c1ccc(C#N)cc1. The van der Waals surface area contributed by atoms with Crippen LogP contribution in [-0.4, -0.2) is 5.78 Å². The van der Waals surface area contributed by atoms with Gasteiger partial charge in [0.15, 0.2) is 5.76 Å². The molecule has 0 amide bonds. The number of benzene rings is 1. The highest BCUT2D eigenvalue weighted by Gasteiger charge is 2.19. The Morgan fingerprint density at radius 1 is 1.29 bits per heavy atom. The topological polar surface area (TPSA) is 54.0 Å². The van der Waals surface area contributed by atoms with Gasteiger partial charge >= 0.3 is 0 Å². The maximum absolute atomic E-state index is 12.0. The summed E-state index contributed by atoms with van der Waals surface area (Å²) in [5, 5.41) is 8.69. The number of furan rings is 1. The number of ketones is 1. The van der Waals surface area contributed by atoms with Crippen molar-refractivity contribution >= 4 is 5.78 Å². The molecule has 0 saturated carbocycles. The van der Waals surface area contributed by atoms with E-state index in [1.807, 2.05) is 13.0 Å². The van der Waals surface area contributed by atoms with E-state index in [2.05, 4.69) is 0 Å². The maximum Gasteiger partial charge on any atom is 0.205 e.